The maximum atomic E-state index is 11.5. The van der Waals surface area contributed by atoms with E-state index in [0.717, 1.165) is 24.8 Å². The molecule has 0 aliphatic heterocycles. The van der Waals surface area contributed by atoms with Gasteiger partial charge >= 0.3 is 5.97 Å². The average Bonchev–Trinajstić information content (AvgIpc) is 2.43. The highest BCUT2D eigenvalue weighted by Crippen LogP contribution is 2.15. The minimum atomic E-state index is -0.670. The molecular weight excluding hydrogens is 242 g/mol. The van der Waals surface area contributed by atoms with Gasteiger partial charge in [0.05, 0.1) is 5.56 Å². The fraction of sp³-hybridized carbons (Fsp3) is 0.533. The summed E-state index contributed by atoms with van der Waals surface area (Å²) in [5.41, 5.74) is 1.36. The Balaban J connectivity index is 2.44. The van der Waals surface area contributed by atoms with Crippen LogP contribution in [-0.4, -0.2) is 5.97 Å². The third-order valence-electron chi connectivity index (χ3n) is 3.16. The van der Waals surface area contributed by atoms with E-state index in [1.807, 2.05) is 12.1 Å². The number of benzene rings is 1. The van der Waals surface area contributed by atoms with Crippen LogP contribution in [0.15, 0.2) is 29.6 Å². The molecule has 0 heterocycles. The van der Waals surface area contributed by atoms with Gasteiger partial charge in [-0.05, 0) is 24.5 Å². The smallest absolute Gasteiger partial charge is 0.279 e. The minimum absolute atomic E-state index is 0.440. The van der Waals surface area contributed by atoms with Crippen molar-refractivity contribution in [1.29, 1.82) is 0 Å². The average molecular weight is 263 g/mol. The Labute approximate surface area is 114 Å². The maximum Gasteiger partial charge on any atom is 0.369 e. The van der Waals surface area contributed by atoms with Gasteiger partial charge in [0.1, 0.15) is 0 Å². The second-order valence-corrected chi connectivity index (χ2v) is 4.63. The van der Waals surface area contributed by atoms with Crippen molar-refractivity contribution < 1.29 is 9.63 Å². The first-order chi connectivity index (χ1) is 9.29. The van der Waals surface area contributed by atoms with Crippen LogP contribution in [0.4, 0.5) is 0 Å². The van der Waals surface area contributed by atoms with E-state index in [1.54, 1.807) is 12.1 Å². The van der Waals surface area contributed by atoms with E-state index in [1.165, 1.54) is 25.7 Å². The summed E-state index contributed by atoms with van der Waals surface area (Å²) in [4.78, 5) is 25.6. The van der Waals surface area contributed by atoms with Gasteiger partial charge in [-0.15, -0.1) is 4.91 Å². The number of hydrogen-bond acceptors (Lipinski definition) is 4. The van der Waals surface area contributed by atoms with E-state index in [2.05, 4.69) is 17.1 Å². The lowest BCUT2D eigenvalue weighted by atomic mass is 10.0. The molecule has 0 aliphatic rings. The predicted molar refractivity (Wildman–Crippen MR) is 74.7 cm³/mol. The van der Waals surface area contributed by atoms with Crippen LogP contribution in [0.5, 0.6) is 0 Å². The molecular formula is C15H21NO3. The number of carbonyl (C=O) groups excluding carboxylic acids is 1. The Morgan fingerprint density at radius 2 is 1.79 bits per heavy atom. The third kappa shape index (κ3) is 5.64. The molecule has 4 nitrogen and oxygen atoms in total. The van der Waals surface area contributed by atoms with E-state index in [4.69, 9.17) is 0 Å². The molecule has 0 unspecified atom stereocenters. The molecule has 0 aromatic heterocycles. The summed E-state index contributed by atoms with van der Waals surface area (Å²) in [5.74, 6) is -0.670. The van der Waals surface area contributed by atoms with Crippen LogP contribution >= 0.6 is 0 Å². The summed E-state index contributed by atoms with van der Waals surface area (Å²) in [6.45, 7) is 2.20. The van der Waals surface area contributed by atoms with Crippen LogP contribution < -0.4 is 0 Å². The Kier molecular flexibility index (Phi) is 7.47. The van der Waals surface area contributed by atoms with Gasteiger partial charge in [0.2, 0.25) is 0 Å². The molecule has 0 N–H and O–H groups in total. The summed E-state index contributed by atoms with van der Waals surface area (Å²) in [5, 5.41) is 2.18. The van der Waals surface area contributed by atoms with Crippen LogP contribution in [-0.2, 0) is 11.3 Å². The van der Waals surface area contributed by atoms with Gasteiger partial charge in [0.15, 0.2) is 5.34 Å². The number of hydrogen-bond donors (Lipinski definition) is 0. The monoisotopic (exact) mass is 263 g/mol. The molecule has 0 saturated carbocycles. The van der Waals surface area contributed by atoms with Crippen molar-refractivity contribution >= 4 is 5.97 Å². The zero-order chi connectivity index (χ0) is 13.9. The molecule has 0 radical (unpaired) electrons. The van der Waals surface area contributed by atoms with E-state index in [-0.39, 0.29) is 0 Å². The molecule has 0 aliphatic carbocycles. The first kappa shape index (κ1) is 15.3. The normalized spacial score (nSPS) is 10.2. The van der Waals surface area contributed by atoms with Gasteiger partial charge in [-0.1, -0.05) is 57.2 Å². The van der Waals surface area contributed by atoms with Crippen LogP contribution in [0.25, 0.3) is 0 Å². The molecule has 0 spiro atoms. The second-order valence-electron chi connectivity index (χ2n) is 4.63. The Morgan fingerprint density at radius 1 is 1.11 bits per heavy atom. The van der Waals surface area contributed by atoms with Crippen LogP contribution in [0.3, 0.4) is 0 Å². The first-order valence-corrected chi connectivity index (χ1v) is 6.91. The van der Waals surface area contributed by atoms with Gasteiger partial charge in [-0.25, -0.2) is 4.79 Å². The molecule has 1 rings (SSSR count). The van der Waals surface area contributed by atoms with Gasteiger partial charge in [0.25, 0.3) is 0 Å². The zero-order valence-electron chi connectivity index (χ0n) is 11.4. The van der Waals surface area contributed by atoms with Crippen molar-refractivity contribution in [2.75, 3.05) is 0 Å². The molecule has 0 bridgehead atoms. The number of unbranched alkanes of at least 4 members (excludes halogenated alkanes) is 5. The number of carbonyl (C=O) groups is 1. The van der Waals surface area contributed by atoms with Gasteiger partial charge < -0.3 is 0 Å². The van der Waals surface area contributed by atoms with E-state index in [9.17, 15) is 9.70 Å². The number of nitrogens with zero attached hydrogens (tertiary/aromatic N) is 1. The van der Waals surface area contributed by atoms with Crippen molar-refractivity contribution in [2.45, 2.75) is 51.9 Å². The van der Waals surface area contributed by atoms with Gasteiger partial charge in [-0.3, -0.25) is 4.84 Å². The fourth-order valence-electron chi connectivity index (χ4n) is 2.12. The third-order valence-corrected chi connectivity index (χ3v) is 3.16. The van der Waals surface area contributed by atoms with Gasteiger partial charge in [-0.2, -0.15) is 0 Å². The summed E-state index contributed by atoms with van der Waals surface area (Å²) < 4.78 is 0. The highest BCUT2D eigenvalue weighted by molar-refractivity contribution is 5.90. The largest absolute Gasteiger partial charge is 0.369 e. The molecule has 0 fully saturated rings. The quantitative estimate of drug-likeness (QED) is 0.376. The Bertz CT molecular complexity index is 404. The summed E-state index contributed by atoms with van der Waals surface area (Å²) >= 11 is 0. The highest BCUT2D eigenvalue weighted by Gasteiger charge is 2.12. The van der Waals surface area contributed by atoms with Crippen molar-refractivity contribution in [1.82, 2.24) is 0 Å². The zero-order valence-corrected chi connectivity index (χ0v) is 11.4. The molecule has 0 atom stereocenters. The lowest BCUT2D eigenvalue weighted by Crippen LogP contribution is -2.05. The Morgan fingerprint density at radius 3 is 2.53 bits per heavy atom. The molecule has 0 amide bonds. The molecule has 104 valence electrons. The highest BCUT2D eigenvalue weighted by atomic mass is 16.7. The topological polar surface area (TPSA) is 55.7 Å². The van der Waals surface area contributed by atoms with Crippen LogP contribution in [0, 0.1) is 4.91 Å². The summed E-state index contributed by atoms with van der Waals surface area (Å²) in [6.07, 6.45) is 8.07. The first-order valence-electron chi connectivity index (χ1n) is 6.91. The molecule has 1 aromatic carbocycles. The lowest BCUT2D eigenvalue weighted by molar-refractivity contribution is 0.0507. The van der Waals surface area contributed by atoms with Crippen molar-refractivity contribution in [3.8, 4) is 0 Å². The second kappa shape index (κ2) is 9.25. The van der Waals surface area contributed by atoms with Crippen molar-refractivity contribution in [2.24, 2.45) is 5.34 Å². The minimum Gasteiger partial charge on any atom is -0.279 e. The lowest BCUT2D eigenvalue weighted by Gasteiger charge is -2.06. The van der Waals surface area contributed by atoms with Crippen molar-refractivity contribution in [3.05, 3.63) is 40.3 Å². The van der Waals surface area contributed by atoms with Crippen molar-refractivity contribution in [3.63, 3.8) is 0 Å². The van der Waals surface area contributed by atoms with Crippen LogP contribution in [0.2, 0.25) is 0 Å². The van der Waals surface area contributed by atoms with E-state index >= 15 is 0 Å². The molecule has 1 aromatic rings. The number of rotatable bonds is 9. The molecule has 0 saturated heterocycles. The standard InChI is InChI=1S/C15H21NO3/c1-2-3-4-5-6-7-10-13-11-8-9-12-14(13)15(17)19-16-18/h8-9,11-12H,2-7,10H2,1H3. The molecule has 19 heavy (non-hydrogen) atoms. The van der Waals surface area contributed by atoms with Gasteiger partial charge in [0, 0.05) is 0 Å². The van der Waals surface area contributed by atoms with E-state index < -0.39 is 5.97 Å². The predicted octanol–water partition coefficient (Wildman–Crippen LogP) is 4.43. The molecule has 4 heteroatoms. The van der Waals surface area contributed by atoms with E-state index in [0.29, 0.717) is 5.56 Å². The maximum absolute atomic E-state index is 11.5. The summed E-state index contributed by atoms with van der Waals surface area (Å²) in [6, 6.07) is 7.21. The Hall–Kier alpha value is -1.71. The summed E-state index contributed by atoms with van der Waals surface area (Å²) in [7, 11) is 0. The van der Waals surface area contributed by atoms with Crippen LogP contribution in [0.1, 0.15) is 61.4 Å². The number of aryl methyl sites for hydroxylation is 1. The fourth-order valence-corrected chi connectivity index (χ4v) is 2.12. The SMILES string of the molecule is CCCCCCCCc1ccccc1C(=O)ON=O.